The SMILES string of the molecule is C[N+](C)(C)c1cccc(OC(=O)/C=C/c2ccccc2)c1.[Br-]. The van der Waals surface area contributed by atoms with Crippen molar-refractivity contribution < 1.29 is 26.5 Å². The lowest BCUT2D eigenvalue weighted by molar-refractivity contribution is -0.128. The summed E-state index contributed by atoms with van der Waals surface area (Å²) >= 11 is 0. The number of carbonyl (C=O) groups excluding carboxylic acids is 1. The summed E-state index contributed by atoms with van der Waals surface area (Å²) in [5.41, 5.74) is 2.04. The third-order valence-corrected chi connectivity index (χ3v) is 3.02. The zero-order chi connectivity index (χ0) is 15.3. The molecule has 0 heterocycles. The van der Waals surface area contributed by atoms with E-state index in [1.807, 2.05) is 48.5 Å². The number of hydrogen-bond donors (Lipinski definition) is 0. The van der Waals surface area contributed by atoms with Crippen LogP contribution in [0, 0.1) is 0 Å². The fourth-order valence-corrected chi connectivity index (χ4v) is 1.84. The third kappa shape index (κ3) is 5.47. The highest BCUT2D eigenvalue weighted by Crippen LogP contribution is 2.22. The second kappa shape index (κ2) is 7.92. The molecular formula is C18H20BrNO2. The smallest absolute Gasteiger partial charge is 0.336 e. The van der Waals surface area contributed by atoms with Gasteiger partial charge in [-0.15, -0.1) is 0 Å². The summed E-state index contributed by atoms with van der Waals surface area (Å²) in [5.74, 6) is 0.181. The van der Waals surface area contributed by atoms with E-state index in [-0.39, 0.29) is 23.0 Å². The average molecular weight is 362 g/mol. The second-order valence-corrected chi connectivity index (χ2v) is 5.67. The van der Waals surface area contributed by atoms with Gasteiger partial charge >= 0.3 is 5.97 Å². The molecule has 2 aromatic rings. The Morgan fingerprint density at radius 1 is 1.00 bits per heavy atom. The summed E-state index contributed by atoms with van der Waals surface area (Å²) in [7, 11) is 6.20. The Labute approximate surface area is 142 Å². The van der Waals surface area contributed by atoms with Gasteiger partial charge in [-0.05, 0) is 23.8 Å². The van der Waals surface area contributed by atoms with Gasteiger partial charge in [0.1, 0.15) is 11.4 Å². The van der Waals surface area contributed by atoms with E-state index in [4.69, 9.17) is 4.74 Å². The van der Waals surface area contributed by atoms with E-state index >= 15 is 0 Å². The molecule has 0 atom stereocenters. The van der Waals surface area contributed by atoms with Crippen LogP contribution in [-0.2, 0) is 4.79 Å². The van der Waals surface area contributed by atoms with E-state index in [0.717, 1.165) is 11.3 Å². The van der Waals surface area contributed by atoms with E-state index in [1.54, 1.807) is 12.1 Å². The van der Waals surface area contributed by atoms with Crippen molar-refractivity contribution in [2.24, 2.45) is 0 Å². The van der Waals surface area contributed by atoms with Crippen molar-refractivity contribution in [3.63, 3.8) is 0 Å². The number of hydrogen-bond acceptors (Lipinski definition) is 2. The van der Waals surface area contributed by atoms with E-state index < -0.39 is 0 Å². The van der Waals surface area contributed by atoms with Gasteiger partial charge in [0.25, 0.3) is 0 Å². The summed E-state index contributed by atoms with van der Waals surface area (Å²) < 4.78 is 6.01. The highest BCUT2D eigenvalue weighted by atomic mass is 79.9. The molecule has 0 N–H and O–H groups in total. The molecule has 4 heteroatoms. The molecule has 0 aliphatic heterocycles. The second-order valence-electron chi connectivity index (χ2n) is 5.67. The average Bonchev–Trinajstić information content (AvgIpc) is 2.46. The molecule has 3 nitrogen and oxygen atoms in total. The first-order chi connectivity index (χ1) is 9.95. The van der Waals surface area contributed by atoms with Gasteiger partial charge in [-0.3, -0.25) is 4.48 Å². The van der Waals surface area contributed by atoms with E-state index in [0.29, 0.717) is 10.2 Å². The van der Waals surface area contributed by atoms with Crippen LogP contribution in [0.3, 0.4) is 0 Å². The van der Waals surface area contributed by atoms with Crippen molar-refractivity contribution in [2.45, 2.75) is 0 Å². The van der Waals surface area contributed by atoms with Crippen LogP contribution in [0.4, 0.5) is 5.69 Å². The van der Waals surface area contributed by atoms with Gasteiger partial charge in [0, 0.05) is 12.1 Å². The molecular weight excluding hydrogens is 342 g/mol. The molecule has 0 bridgehead atoms. The Morgan fingerprint density at radius 3 is 2.32 bits per heavy atom. The number of halogens is 1. The predicted molar refractivity (Wildman–Crippen MR) is 87.1 cm³/mol. The Hall–Kier alpha value is -1.91. The van der Waals surface area contributed by atoms with Crippen LogP contribution in [0.25, 0.3) is 6.08 Å². The summed E-state index contributed by atoms with van der Waals surface area (Å²) in [4.78, 5) is 11.8. The highest BCUT2D eigenvalue weighted by molar-refractivity contribution is 5.88. The Balaban J connectivity index is 0.00000242. The van der Waals surface area contributed by atoms with Crippen molar-refractivity contribution in [1.82, 2.24) is 4.48 Å². The van der Waals surface area contributed by atoms with Crippen LogP contribution < -0.4 is 26.2 Å². The van der Waals surface area contributed by atoms with E-state index in [2.05, 4.69) is 21.1 Å². The largest absolute Gasteiger partial charge is 1.00 e. The molecule has 0 amide bonds. The van der Waals surface area contributed by atoms with Crippen molar-refractivity contribution in [2.75, 3.05) is 21.1 Å². The summed E-state index contributed by atoms with van der Waals surface area (Å²) in [6.07, 6.45) is 3.18. The lowest BCUT2D eigenvalue weighted by atomic mass is 10.2. The van der Waals surface area contributed by atoms with Gasteiger partial charge in [0.05, 0.1) is 21.1 Å². The topological polar surface area (TPSA) is 26.3 Å². The molecule has 0 saturated carbocycles. The molecule has 0 aliphatic carbocycles. The van der Waals surface area contributed by atoms with E-state index in [1.165, 1.54) is 6.08 Å². The Kier molecular flexibility index (Phi) is 6.53. The quantitative estimate of drug-likeness (QED) is 0.343. The van der Waals surface area contributed by atoms with E-state index in [9.17, 15) is 4.79 Å². The van der Waals surface area contributed by atoms with Gasteiger partial charge in [0.2, 0.25) is 0 Å². The normalized spacial score (nSPS) is 11.0. The number of rotatable bonds is 4. The van der Waals surface area contributed by atoms with Crippen molar-refractivity contribution in [3.8, 4) is 5.75 Å². The standard InChI is InChI=1S/C18H20NO2.BrH/c1-19(2,3)16-10-7-11-17(14-16)21-18(20)13-12-15-8-5-4-6-9-15;/h4-14H,1-3H3;1H/q+1;/p-1/b13-12+;. The molecule has 0 aliphatic rings. The van der Waals surface area contributed by atoms with Crippen LogP contribution in [0.2, 0.25) is 0 Å². The van der Waals surface area contributed by atoms with Crippen molar-refractivity contribution in [1.29, 1.82) is 0 Å². The molecule has 0 spiro atoms. The molecule has 2 aromatic carbocycles. The first-order valence-electron chi connectivity index (χ1n) is 6.82. The van der Waals surface area contributed by atoms with Crippen LogP contribution in [0.5, 0.6) is 5.75 Å². The minimum absolute atomic E-state index is 0. The number of carbonyl (C=O) groups is 1. The number of esters is 1. The van der Waals surface area contributed by atoms with Crippen LogP contribution >= 0.6 is 0 Å². The lowest BCUT2D eigenvalue weighted by Crippen LogP contribution is -3.00. The van der Waals surface area contributed by atoms with Crippen LogP contribution in [-0.4, -0.2) is 27.1 Å². The van der Waals surface area contributed by atoms with Gasteiger partial charge in [-0.25, -0.2) is 4.79 Å². The Bertz CT molecular complexity index is 646. The monoisotopic (exact) mass is 361 g/mol. The zero-order valence-electron chi connectivity index (χ0n) is 13.0. The molecule has 116 valence electrons. The predicted octanol–water partition coefficient (Wildman–Crippen LogP) is 0.506. The fourth-order valence-electron chi connectivity index (χ4n) is 1.84. The van der Waals surface area contributed by atoms with Crippen LogP contribution in [0.1, 0.15) is 5.56 Å². The Morgan fingerprint density at radius 2 is 1.68 bits per heavy atom. The maximum Gasteiger partial charge on any atom is 0.336 e. The summed E-state index contributed by atoms with van der Waals surface area (Å²) in [5, 5.41) is 0. The van der Waals surface area contributed by atoms with Gasteiger partial charge in [-0.1, -0.05) is 36.4 Å². The first-order valence-corrected chi connectivity index (χ1v) is 6.82. The van der Waals surface area contributed by atoms with Crippen molar-refractivity contribution in [3.05, 3.63) is 66.2 Å². The van der Waals surface area contributed by atoms with Crippen molar-refractivity contribution >= 4 is 17.7 Å². The summed E-state index contributed by atoms with van der Waals surface area (Å²) in [6, 6.07) is 17.2. The first kappa shape index (κ1) is 18.1. The molecule has 0 radical (unpaired) electrons. The maximum atomic E-state index is 11.8. The molecule has 0 aromatic heterocycles. The van der Waals surface area contributed by atoms with Crippen LogP contribution in [0.15, 0.2) is 60.7 Å². The van der Waals surface area contributed by atoms with Gasteiger partial charge in [0.15, 0.2) is 0 Å². The lowest BCUT2D eigenvalue weighted by Gasteiger charge is -2.23. The number of nitrogens with zero attached hydrogens (tertiary/aromatic N) is 1. The molecule has 0 fully saturated rings. The highest BCUT2D eigenvalue weighted by Gasteiger charge is 2.13. The number of ether oxygens (including phenoxy) is 1. The minimum atomic E-state index is -0.377. The number of benzene rings is 2. The summed E-state index contributed by atoms with van der Waals surface area (Å²) in [6.45, 7) is 0. The molecule has 0 unspecified atom stereocenters. The molecule has 2 rings (SSSR count). The molecule has 0 saturated heterocycles. The number of quaternary nitrogens is 1. The van der Waals surface area contributed by atoms with Gasteiger partial charge < -0.3 is 21.7 Å². The third-order valence-electron chi connectivity index (χ3n) is 3.02. The molecule has 22 heavy (non-hydrogen) atoms. The fraction of sp³-hybridized carbons (Fsp3) is 0.167. The van der Waals surface area contributed by atoms with Gasteiger partial charge in [-0.2, -0.15) is 0 Å². The minimum Gasteiger partial charge on any atom is -1.00 e. The maximum absolute atomic E-state index is 11.8. The zero-order valence-corrected chi connectivity index (χ0v) is 14.6.